The van der Waals surface area contributed by atoms with Crippen molar-refractivity contribution in [2.75, 3.05) is 24.6 Å². The Bertz CT molecular complexity index is 362. The van der Waals surface area contributed by atoms with Gasteiger partial charge in [0.1, 0.15) is 5.82 Å². The van der Waals surface area contributed by atoms with Gasteiger partial charge in [-0.05, 0) is 31.9 Å². The summed E-state index contributed by atoms with van der Waals surface area (Å²) in [4.78, 5) is 17.1. The number of aldehydes is 1. The summed E-state index contributed by atoms with van der Waals surface area (Å²) in [5, 5.41) is 0. The summed E-state index contributed by atoms with van der Waals surface area (Å²) in [6.07, 6.45) is 4.99. The first kappa shape index (κ1) is 12.0. The number of carbonyl (C=O) groups excluding carboxylic acids is 1. The fourth-order valence-electron chi connectivity index (χ4n) is 2.17. The lowest BCUT2D eigenvalue weighted by Crippen LogP contribution is -2.40. The Morgan fingerprint density at radius 1 is 1.59 bits per heavy atom. The molecule has 1 aliphatic rings. The monoisotopic (exact) mass is 234 g/mol. The van der Waals surface area contributed by atoms with Crippen molar-refractivity contribution >= 4 is 12.1 Å². The zero-order valence-corrected chi connectivity index (χ0v) is 10.1. The molecule has 0 bridgehead atoms. The second-order valence-electron chi connectivity index (χ2n) is 4.23. The fourth-order valence-corrected chi connectivity index (χ4v) is 2.17. The molecule has 1 aliphatic heterocycles. The molecule has 1 fully saturated rings. The molecule has 92 valence electrons. The van der Waals surface area contributed by atoms with E-state index in [1.165, 1.54) is 0 Å². The van der Waals surface area contributed by atoms with Crippen molar-refractivity contribution < 1.29 is 9.53 Å². The molecule has 0 aromatic carbocycles. The average Bonchev–Trinajstić information content (AvgIpc) is 2.40. The third-order valence-electron chi connectivity index (χ3n) is 3.01. The van der Waals surface area contributed by atoms with Crippen LogP contribution in [0, 0.1) is 0 Å². The molecule has 0 aliphatic carbocycles. The molecule has 1 saturated heterocycles. The second-order valence-corrected chi connectivity index (χ2v) is 4.23. The summed E-state index contributed by atoms with van der Waals surface area (Å²) in [5.41, 5.74) is 0.618. The highest BCUT2D eigenvalue weighted by Crippen LogP contribution is 2.19. The zero-order chi connectivity index (χ0) is 12.1. The van der Waals surface area contributed by atoms with Crippen molar-refractivity contribution in [2.24, 2.45) is 0 Å². The zero-order valence-electron chi connectivity index (χ0n) is 10.1. The van der Waals surface area contributed by atoms with Gasteiger partial charge >= 0.3 is 0 Å². The molecule has 1 aromatic rings. The first-order valence-electron chi connectivity index (χ1n) is 6.11. The van der Waals surface area contributed by atoms with Crippen LogP contribution in [-0.4, -0.2) is 37.1 Å². The lowest BCUT2D eigenvalue weighted by molar-refractivity contribution is 0.0525. The maximum Gasteiger partial charge on any atom is 0.151 e. The number of nitrogens with zero attached hydrogens (tertiary/aromatic N) is 2. The van der Waals surface area contributed by atoms with E-state index in [0.29, 0.717) is 11.7 Å². The Morgan fingerprint density at radius 2 is 2.47 bits per heavy atom. The van der Waals surface area contributed by atoms with Crippen molar-refractivity contribution in [3.8, 4) is 0 Å². The second kappa shape index (κ2) is 5.77. The Hall–Kier alpha value is -1.42. The van der Waals surface area contributed by atoms with Crippen LogP contribution in [0.3, 0.4) is 0 Å². The van der Waals surface area contributed by atoms with Crippen LogP contribution in [0.4, 0.5) is 5.82 Å². The molecule has 0 spiro atoms. The van der Waals surface area contributed by atoms with E-state index < -0.39 is 0 Å². The van der Waals surface area contributed by atoms with Crippen LogP contribution in [0.1, 0.15) is 30.1 Å². The number of piperidine rings is 1. The highest BCUT2D eigenvalue weighted by atomic mass is 16.5. The van der Waals surface area contributed by atoms with Crippen LogP contribution >= 0.6 is 0 Å². The molecule has 4 nitrogen and oxygen atoms in total. The minimum Gasteiger partial charge on any atom is -0.377 e. The lowest BCUT2D eigenvalue weighted by atomic mass is 10.1. The number of carbonyl (C=O) groups is 1. The molecule has 0 amide bonds. The Labute approximate surface area is 102 Å². The normalized spacial score (nSPS) is 20.3. The Kier molecular flexibility index (Phi) is 4.09. The first-order valence-corrected chi connectivity index (χ1v) is 6.11. The third kappa shape index (κ3) is 3.03. The highest BCUT2D eigenvalue weighted by Gasteiger charge is 2.20. The average molecular weight is 234 g/mol. The quantitative estimate of drug-likeness (QED) is 0.746. The molecule has 1 aromatic heterocycles. The number of hydrogen-bond donors (Lipinski definition) is 0. The van der Waals surface area contributed by atoms with Gasteiger partial charge in [-0.3, -0.25) is 4.79 Å². The van der Waals surface area contributed by atoms with Gasteiger partial charge < -0.3 is 9.64 Å². The molecular weight excluding hydrogens is 216 g/mol. The van der Waals surface area contributed by atoms with E-state index in [9.17, 15) is 4.79 Å². The summed E-state index contributed by atoms with van der Waals surface area (Å²) in [5.74, 6) is 0.931. The molecule has 17 heavy (non-hydrogen) atoms. The van der Waals surface area contributed by atoms with Crippen LogP contribution in [-0.2, 0) is 4.74 Å². The predicted octanol–water partition coefficient (Wildman–Crippen LogP) is 1.90. The van der Waals surface area contributed by atoms with Gasteiger partial charge in [0.15, 0.2) is 6.29 Å². The minimum atomic E-state index is 0.307. The molecule has 2 heterocycles. The summed E-state index contributed by atoms with van der Waals surface area (Å²) < 4.78 is 5.65. The van der Waals surface area contributed by atoms with Gasteiger partial charge in [0.25, 0.3) is 0 Å². The third-order valence-corrected chi connectivity index (χ3v) is 3.01. The van der Waals surface area contributed by atoms with Gasteiger partial charge in [-0.25, -0.2) is 4.98 Å². The summed E-state index contributed by atoms with van der Waals surface area (Å²) in [7, 11) is 0. The maximum absolute atomic E-state index is 10.6. The molecule has 0 radical (unpaired) electrons. The number of hydrogen-bond acceptors (Lipinski definition) is 4. The smallest absolute Gasteiger partial charge is 0.151 e. The summed E-state index contributed by atoms with van der Waals surface area (Å²) in [6, 6.07) is 3.71. The highest BCUT2D eigenvalue weighted by molar-refractivity contribution is 5.74. The number of ether oxygens (including phenoxy) is 1. The van der Waals surface area contributed by atoms with E-state index in [0.717, 1.165) is 44.6 Å². The summed E-state index contributed by atoms with van der Waals surface area (Å²) in [6.45, 7) is 4.68. The maximum atomic E-state index is 10.6. The van der Waals surface area contributed by atoms with Crippen LogP contribution < -0.4 is 4.90 Å². The van der Waals surface area contributed by atoms with Crippen LogP contribution in [0.25, 0.3) is 0 Å². The number of rotatable bonds is 4. The molecule has 1 atom stereocenters. The molecule has 4 heteroatoms. The van der Waals surface area contributed by atoms with Crippen molar-refractivity contribution in [3.63, 3.8) is 0 Å². The topological polar surface area (TPSA) is 42.4 Å². The van der Waals surface area contributed by atoms with E-state index >= 15 is 0 Å². The fraction of sp³-hybridized carbons (Fsp3) is 0.538. The number of pyridine rings is 1. The van der Waals surface area contributed by atoms with Gasteiger partial charge in [0.2, 0.25) is 0 Å². The predicted molar refractivity (Wildman–Crippen MR) is 66.5 cm³/mol. The van der Waals surface area contributed by atoms with Gasteiger partial charge in [-0.15, -0.1) is 0 Å². The van der Waals surface area contributed by atoms with Crippen LogP contribution in [0.2, 0.25) is 0 Å². The van der Waals surface area contributed by atoms with Gasteiger partial charge in [-0.1, -0.05) is 0 Å². The summed E-state index contributed by atoms with van der Waals surface area (Å²) >= 11 is 0. The van der Waals surface area contributed by atoms with Gasteiger partial charge in [-0.2, -0.15) is 0 Å². The van der Waals surface area contributed by atoms with E-state index in [2.05, 4.69) is 9.88 Å². The molecule has 2 rings (SSSR count). The van der Waals surface area contributed by atoms with Crippen molar-refractivity contribution in [2.45, 2.75) is 25.9 Å². The Balaban J connectivity index is 2.02. The lowest BCUT2D eigenvalue weighted by Gasteiger charge is -2.33. The van der Waals surface area contributed by atoms with Crippen LogP contribution in [0.5, 0.6) is 0 Å². The standard InChI is InChI=1S/C13H18N2O2/c1-2-17-12-4-3-7-15(9-12)13-6-5-11(10-16)8-14-13/h5-6,8,10,12H,2-4,7,9H2,1H3. The largest absolute Gasteiger partial charge is 0.377 e. The number of aromatic nitrogens is 1. The molecule has 1 unspecified atom stereocenters. The minimum absolute atomic E-state index is 0.307. The van der Waals surface area contributed by atoms with Crippen molar-refractivity contribution in [3.05, 3.63) is 23.9 Å². The first-order chi connectivity index (χ1) is 8.33. The van der Waals surface area contributed by atoms with Crippen LogP contribution in [0.15, 0.2) is 18.3 Å². The van der Waals surface area contributed by atoms with E-state index in [4.69, 9.17) is 4.74 Å². The van der Waals surface area contributed by atoms with Gasteiger partial charge in [0.05, 0.1) is 6.10 Å². The Morgan fingerprint density at radius 3 is 3.12 bits per heavy atom. The van der Waals surface area contributed by atoms with Crippen molar-refractivity contribution in [1.82, 2.24) is 4.98 Å². The van der Waals surface area contributed by atoms with Gasteiger partial charge in [0, 0.05) is 31.5 Å². The van der Waals surface area contributed by atoms with E-state index in [-0.39, 0.29) is 0 Å². The number of anilines is 1. The molecular formula is C13H18N2O2. The van der Waals surface area contributed by atoms with E-state index in [1.807, 2.05) is 13.0 Å². The molecule has 0 N–H and O–H groups in total. The molecule has 0 saturated carbocycles. The van der Waals surface area contributed by atoms with Crippen molar-refractivity contribution in [1.29, 1.82) is 0 Å². The SMILES string of the molecule is CCOC1CCCN(c2ccc(C=O)cn2)C1. The van der Waals surface area contributed by atoms with E-state index in [1.54, 1.807) is 12.3 Å².